The zero-order valence-corrected chi connectivity index (χ0v) is 12.5. The Morgan fingerprint density at radius 2 is 2.06 bits per heavy atom. The van der Waals surface area contributed by atoms with E-state index >= 15 is 0 Å². The van der Waals surface area contributed by atoms with E-state index in [2.05, 4.69) is 4.74 Å². The number of aryl methyl sites for hydroxylation is 2. The number of sulfonamides is 1. The number of nitrogens with zero attached hydrogens (tertiary/aromatic N) is 1. The van der Waals surface area contributed by atoms with Gasteiger partial charge in [0.1, 0.15) is 0 Å². The SMILES string of the molecule is COC(=O)CCN(C)S(=O)(=O)c1cc(C)sc1C. The van der Waals surface area contributed by atoms with Crippen molar-refractivity contribution in [1.82, 2.24) is 4.31 Å². The van der Waals surface area contributed by atoms with Crippen LogP contribution in [0.25, 0.3) is 0 Å². The average molecular weight is 291 g/mol. The summed E-state index contributed by atoms with van der Waals surface area (Å²) in [6.45, 7) is 3.76. The van der Waals surface area contributed by atoms with Gasteiger partial charge in [-0.3, -0.25) is 4.79 Å². The largest absolute Gasteiger partial charge is 0.469 e. The van der Waals surface area contributed by atoms with Gasteiger partial charge in [-0.15, -0.1) is 11.3 Å². The molecule has 0 spiro atoms. The molecule has 5 nitrogen and oxygen atoms in total. The van der Waals surface area contributed by atoms with Crippen LogP contribution in [0.15, 0.2) is 11.0 Å². The van der Waals surface area contributed by atoms with Gasteiger partial charge in [-0.2, -0.15) is 0 Å². The van der Waals surface area contributed by atoms with Crippen molar-refractivity contribution in [3.63, 3.8) is 0 Å². The summed E-state index contributed by atoms with van der Waals surface area (Å²) in [4.78, 5) is 13.0. The fourth-order valence-corrected chi connectivity index (χ4v) is 4.19. The molecule has 0 amide bonds. The molecule has 0 N–H and O–H groups in total. The van der Waals surface area contributed by atoms with Gasteiger partial charge in [-0.05, 0) is 19.9 Å². The molecule has 1 aromatic heterocycles. The highest BCUT2D eigenvalue weighted by Crippen LogP contribution is 2.27. The number of hydrogen-bond donors (Lipinski definition) is 0. The van der Waals surface area contributed by atoms with Crippen LogP contribution in [-0.4, -0.2) is 39.4 Å². The first-order valence-corrected chi connectivity index (χ1v) is 7.65. The molecule has 1 rings (SSSR count). The highest BCUT2D eigenvalue weighted by atomic mass is 32.2. The van der Waals surface area contributed by atoms with E-state index in [1.54, 1.807) is 13.0 Å². The average Bonchev–Trinajstić information content (AvgIpc) is 2.65. The summed E-state index contributed by atoms with van der Waals surface area (Å²) in [5, 5.41) is 0. The van der Waals surface area contributed by atoms with Crippen molar-refractivity contribution in [2.45, 2.75) is 25.2 Å². The molecular formula is C11H17NO4S2. The van der Waals surface area contributed by atoms with Gasteiger partial charge in [0.15, 0.2) is 0 Å². The smallest absolute Gasteiger partial charge is 0.306 e. The monoisotopic (exact) mass is 291 g/mol. The molecule has 0 aromatic carbocycles. The lowest BCUT2D eigenvalue weighted by atomic mass is 10.4. The normalized spacial score (nSPS) is 11.8. The Morgan fingerprint density at radius 1 is 1.44 bits per heavy atom. The Hall–Kier alpha value is -0.920. The van der Waals surface area contributed by atoms with Crippen molar-refractivity contribution in [1.29, 1.82) is 0 Å². The molecule has 1 heterocycles. The number of esters is 1. The molecule has 1 aromatic rings. The van der Waals surface area contributed by atoms with Gasteiger partial charge >= 0.3 is 5.97 Å². The van der Waals surface area contributed by atoms with Gasteiger partial charge in [0.05, 0.1) is 18.4 Å². The van der Waals surface area contributed by atoms with Gasteiger partial charge in [-0.1, -0.05) is 0 Å². The number of hydrogen-bond acceptors (Lipinski definition) is 5. The van der Waals surface area contributed by atoms with Gasteiger partial charge in [0.2, 0.25) is 10.0 Å². The molecule has 0 radical (unpaired) electrons. The van der Waals surface area contributed by atoms with E-state index in [0.29, 0.717) is 4.90 Å². The van der Waals surface area contributed by atoms with Crippen LogP contribution in [0.4, 0.5) is 0 Å². The standard InChI is InChI=1S/C11H17NO4S2/c1-8-7-10(9(2)17-8)18(14,15)12(3)6-5-11(13)16-4/h7H,5-6H2,1-4H3. The predicted octanol–water partition coefficient (Wildman–Crippen LogP) is 1.55. The molecule has 102 valence electrons. The Balaban J connectivity index is 2.87. The van der Waals surface area contributed by atoms with Gasteiger partial charge < -0.3 is 4.74 Å². The van der Waals surface area contributed by atoms with Crippen molar-refractivity contribution in [2.75, 3.05) is 20.7 Å². The molecule has 0 saturated heterocycles. The molecule has 0 fully saturated rings. The minimum absolute atomic E-state index is 0.0500. The van der Waals surface area contributed by atoms with Gasteiger partial charge in [-0.25, -0.2) is 12.7 Å². The third-order valence-corrected chi connectivity index (χ3v) is 5.62. The number of rotatable bonds is 5. The minimum Gasteiger partial charge on any atom is -0.469 e. The topological polar surface area (TPSA) is 63.7 Å². The quantitative estimate of drug-likeness (QED) is 0.772. The zero-order valence-electron chi connectivity index (χ0n) is 10.9. The Labute approximate surface area is 111 Å². The van der Waals surface area contributed by atoms with Crippen LogP contribution in [-0.2, 0) is 19.6 Å². The molecule has 0 aliphatic heterocycles. The lowest BCUT2D eigenvalue weighted by molar-refractivity contribution is -0.140. The maximum absolute atomic E-state index is 12.2. The Bertz CT molecular complexity index is 533. The highest BCUT2D eigenvalue weighted by Gasteiger charge is 2.24. The third-order valence-electron chi connectivity index (χ3n) is 2.54. The molecule has 0 aliphatic carbocycles. The third kappa shape index (κ3) is 3.30. The molecule has 0 aliphatic rings. The zero-order chi connectivity index (χ0) is 13.9. The lowest BCUT2D eigenvalue weighted by Crippen LogP contribution is -2.29. The van der Waals surface area contributed by atoms with Crippen LogP contribution < -0.4 is 0 Å². The first-order chi connectivity index (χ1) is 8.28. The fourth-order valence-electron chi connectivity index (χ4n) is 1.50. The first kappa shape index (κ1) is 15.1. The molecule has 7 heteroatoms. The van der Waals surface area contributed by atoms with Gasteiger partial charge in [0, 0.05) is 23.3 Å². The van der Waals surface area contributed by atoms with Crippen LogP contribution in [0.2, 0.25) is 0 Å². The van der Waals surface area contributed by atoms with E-state index in [1.165, 1.54) is 29.8 Å². The minimum atomic E-state index is -3.52. The van der Waals surface area contributed by atoms with Crippen molar-refractivity contribution in [2.24, 2.45) is 0 Å². The maximum Gasteiger partial charge on any atom is 0.306 e. The summed E-state index contributed by atoms with van der Waals surface area (Å²) in [6, 6.07) is 1.66. The second kappa shape index (κ2) is 5.81. The van der Waals surface area contributed by atoms with Crippen molar-refractivity contribution >= 4 is 27.3 Å². The number of thiophene rings is 1. The maximum atomic E-state index is 12.2. The summed E-state index contributed by atoms with van der Waals surface area (Å²) in [5.74, 6) is -0.421. The predicted molar refractivity (Wildman–Crippen MR) is 70.2 cm³/mol. The summed E-state index contributed by atoms with van der Waals surface area (Å²) < 4.78 is 30.2. The van der Waals surface area contributed by atoms with Gasteiger partial charge in [0.25, 0.3) is 0 Å². The number of ether oxygens (including phenoxy) is 1. The molecular weight excluding hydrogens is 274 g/mol. The summed E-state index contributed by atoms with van der Waals surface area (Å²) >= 11 is 1.44. The first-order valence-electron chi connectivity index (χ1n) is 5.39. The second-order valence-corrected chi connectivity index (χ2v) is 7.40. The van der Waals surface area contributed by atoms with E-state index in [1.807, 2.05) is 6.92 Å². The number of carbonyl (C=O) groups excluding carboxylic acids is 1. The van der Waals surface area contributed by atoms with E-state index in [-0.39, 0.29) is 13.0 Å². The van der Waals surface area contributed by atoms with Crippen molar-refractivity contribution in [3.05, 3.63) is 15.8 Å². The van der Waals surface area contributed by atoms with Crippen molar-refractivity contribution < 1.29 is 17.9 Å². The van der Waals surface area contributed by atoms with Crippen LogP contribution >= 0.6 is 11.3 Å². The molecule has 0 atom stereocenters. The molecule has 0 bridgehead atoms. The number of carbonyl (C=O) groups is 1. The number of methoxy groups -OCH3 is 1. The highest BCUT2D eigenvalue weighted by molar-refractivity contribution is 7.89. The summed E-state index contributed by atoms with van der Waals surface area (Å²) in [7, 11) is -0.773. The van der Waals surface area contributed by atoms with Crippen LogP contribution in [0.5, 0.6) is 0 Å². The Kier molecular flexibility index (Phi) is 4.89. The summed E-state index contributed by atoms with van der Waals surface area (Å²) in [5.41, 5.74) is 0. The molecule has 18 heavy (non-hydrogen) atoms. The second-order valence-electron chi connectivity index (χ2n) is 3.93. The molecule has 0 unspecified atom stereocenters. The van der Waals surface area contributed by atoms with E-state index in [9.17, 15) is 13.2 Å². The molecule has 0 saturated carbocycles. The van der Waals surface area contributed by atoms with Crippen LogP contribution in [0, 0.1) is 13.8 Å². The van der Waals surface area contributed by atoms with E-state index in [4.69, 9.17) is 0 Å². The Morgan fingerprint density at radius 3 is 2.50 bits per heavy atom. The fraction of sp³-hybridized carbons (Fsp3) is 0.545. The van der Waals surface area contributed by atoms with Crippen LogP contribution in [0.1, 0.15) is 16.2 Å². The summed E-state index contributed by atoms with van der Waals surface area (Å²) in [6.07, 6.45) is 0.0500. The van der Waals surface area contributed by atoms with Crippen molar-refractivity contribution in [3.8, 4) is 0 Å². The lowest BCUT2D eigenvalue weighted by Gasteiger charge is -2.16. The van der Waals surface area contributed by atoms with E-state index in [0.717, 1.165) is 9.75 Å². The van der Waals surface area contributed by atoms with Crippen LogP contribution in [0.3, 0.4) is 0 Å². The van der Waals surface area contributed by atoms with E-state index < -0.39 is 16.0 Å².